The molecule has 1 heterocycles. The quantitative estimate of drug-likeness (QED) is 0.103. The van der Waals surface area contributed by atoms with Crippen molar-refractivity contribution in [3.05, 3.63) is 25.3 Å². The van der Waals surface area contributed by atoms with Crippen molar-refractivity contribution < 1.29 is 33.1 Å². The van der Waals surface area contributed by atoms with Gasteiger partial charge in [-0.2, -0.15) is 0 Å². The van der Waals surface area contributed by atoms with Crippen LogP contribution in [0.5, 0.6) is 0 Å². The molecule has 0 aromatic rings. The molecule has 0 radical (unpaired) electrons. The normalized spacial score (nSPS) is 24.2. The summed E-state index contributed by atoms with van der Waals surface area (Å²) in [7, 11) is -2.25. The van der Waals surface area contributed by atoms with E-state index in [2.05, 4.69) is 57.7 Å². The van der Waals surface area contributed by atoms with Crippen LogP contribution >= 0.6 is 0 Å². The minimum atomic E-state index is -2.25. The number of nitrogens with zero attached hydrogens (tertiary/aromatic N) is 1. The van der Waals surface area contributed by atoms with Gasteiger partial charge in [0.15, 0.2) is 8.32 Å². The summed E-state index contributed by atoms with van der Waals surface area (Å²) in [5, 5.41) is 5.63. The number of allylic oxidation sites excluding steroid dienone is 1. The fourth-order valence-corrected chi connectivity index (χ4v) is 6.61. The Morgan fingerprint density at radius 2 is 1.73 bits per heavy atom. The molecule has 44 heavy (non-hydrogen) atoms. The van der Waals surface area contributed by atoms with Gasteiger partial charge in [-0.15, -0.1) is 13.2 Å². The van der Waals surface area contributed by atoms with Crippen LogP contribution in [0.4, 0.5) is 4.79 Å². The van der Waals surface area contributed by atoms with E-state index in [1.165, 1.54) is 4.90 Å². The van der Waals surface area contributed by atoms with E-state index in [1.54, 1.807) is 33.8 Å². The van der Waals surface area contributed by atoms with Crippen molar-refractivity contribution in [2.75, 3.05) is 13.2 Å². The van der Waals surface area contributed by atoms with Gasteiger partial charge in [0.2, 0.25) is 11.8 Å². The molecule has 0 unspecified atom stereocenters. The molecule has 0 bridgehead atoms. The second-order valence-electron chi connectivity index (χ2n) is 14.6. The Hall–Kier alpha value is -2.66. The lowest BCUT2D eigenvalue weighted by atomic mass is 10.0. The lowest BCUT2D eigenvalue weighted by molar-refractivity contribution is -0.150. The average molecular weight is 636 g/mol. The van der Waals surface area contributed by atoms with Gasteiger partial charge in [0.1, 0.15) is 23.2 Å². The molecular formula is C33H57N3O7Si. The number of carbonyl (C=O) groups is 4. The van der Waals surface area contributed by atoms with Gasteiger partial charge in [-0.1, -0.05) is 45.8 Å². The maximum Gasteiger partial charge on any atom is 0.408 e. The second-order valence-corrected chi connectivity index (χ2v) is 19.4. The Morgan fingerprint density at radius 3 is 2.25 bits per heavy atom. The molecular weight excluding hydrogens is 578 g/mol. The Balaban J connectivity index is 2.38. The molecule has 1 aliphatic heterocycles. The Labute approximate surface area is 265 Å². The molecule has 0 spiro atoms. The van der Waals surface area contributed by atoms with Crippen LogP contribution in [0.25, 0.3) is 0 Å². The minimum absolute atomic E-state index is 0.0758. The highest BCUT2D eigenvalue weighted by Crippen LogP contribution is 2.46. The third kappa shape index (κ3) is 9.92. The zero-order chi connectivity index (χ0) is 33.5. The maximum absolute atomic E-state index is 14.2. The minimum Gasteiger partial charge on any atom is -0.464 e. The van der Waals surface area contributed by atoms with Crippen LogP contribution in [-0.4, -0.2) is 79.6 Å². The molecule has 10 nitrogen and oxygen atoms in total. The van der Waals surface area contributed by atoms with Crippen molar-refractivity contribution in [2.45, 2.75) is 141 Å². The fourth-order valence-electron chi connectivity index (χ4n) is 5.25. The lowest BCUT2D eigenvalue weighted by Crippen LogP contribution is -2.56. The summed E-state index contributed by atoms with van der Waals surface area (Å²) in [6.07, 6.45) is 6.84. The Kier molecular flexibility index (Phi) is 12.9. The molecule has 5 atom stereocenters. The summed E-state index contributed by atoms with van der Waals surface area (Å²) >= 11 is 0. The summed E-state index contributed by atoms with van der Waals surface area (Å²) in [6.45, 7) is 25.6. The zero-order valence-corrected chi connectivity index (χ0v) is 29.5. The van der Waals surface area contributed by atoms with E-state index in [4.69, 9.17) is 13.9 Å². The standard InChI is InChI=1S/C33H57N3O7Si/c1-12-15-16-17-18-19-25(34-30(40)42-31(4,5)6)28(38)36-22-24(43-44(10,11)32(7,8)9)20-26(36)27(37)35-33(21-23(33)13-2)29(39)41-14-3/h12-13,23-26H,1-2,14-22H2,3-11H3,(H,34,40)(H,35,37)/t23-,24-,25+,26+,33-/m1/s1. The zero-order valence-electron chi connectivity index (χ0n) is 28.5. The maximum atomic E-state index is 14.2. The van der Waals surface area contributed by atoms with Crippen LogP contribution in [0.2, 0.25) is 18.1 Å². The van der Waals surface area contributed by atoms with Crippen molar-refractivity contribution in [2.24, 2.45) is 5.92 Å². The summed E-state index contributed by atoms with van der Waals surface area (Å²) in [4.78, 5) is 55.4. The van der Waals surface area contributed by atoms with Crippen LogP contribution in [0.1, 0.15) is 93.4 Å². The van der Waals surface area contributed by atoms with Gasteiger partial charge in [-0.05, 0) is 71.5 Å². The number of likely N-dealkylation sites (tertiary alicyclic amines) is 1. The van der Waals surface area contributed by atoms with Crippen molar-refractivity contribution in [1.29, 1.82) is 0 Å². The summed E-state index contributed by atoms with van der Waals surface area (Å²) in [5.74, 6) is -1.58. The summed E-state index contributed by atoms with van der Waals surface area (Å²) < 4.78 is 17.5. The van der Waals surface area contributed by atoms with E-state index in [-0.39, 0.29) is 42.5 Å². The number of hydrogen-bond acceptors (Lipinski definition) is 7. The monoisotopic (exact) mass is 635 g/mol. The highest BCUT2D eigenvalue weighted by Gasteiger charge is 2.62. The molecule has 1 saturated carbocycles. The molecule has 1 aliphatic carbocycles. The number of carbonyl (C=O) groups excluding carboxylic acids is 4. The van der Waals surface area contributed by atoms with E-state index in [0.717, 1.165) is 19.3 Å². The SMILES string of the molecule is C=CCCCCC[C@H](NC(=O)OC(C)(C)C)C(=O)N1C[C@H](O[Si](C)(C)C(C)(C)C)C[C@H]1C(=O)N[C@]1(C(=O)OCC)C[C@H]1C=C. The van der Waals surface area contributed by atoms with Gasteiger partial charge in [0.05, 0.1) is 12.7 Å². The van der Waals surface area contributed by atoms with E-state index < -0.39 is 49.5 Å². The van der Waals surface area contributed by atoms with Gasteiger partial charge >= 0.3 is 12.1 Å². The van der Waals surface area contributed by atoms with Crippen molar-refractivity contribution in [3.63, 3.8) is 0 Å². The predicted octanol–water partition coefficient (Wildman–Crippen LogP) is 5.63. The molecule has 3 amide bonds. The molecule has 11 heteroatoms. The Bertz CT molecular complexity index is 1060. The van der Waals surface area contributed by atoms with Gasteiger partial charge in [-0.3, -0.25) is 9.59 Å². The first-order chi connectivity index (χ1) is 20.3. The van der Waals surface area contributed by atoms with Crippen LogP contribution in [-0.2, 0) is 28.3 Å². The summed E-state index contributed by atoms with van der Waals surface area (Å²) in [5.41, 5.74) is -1.94. The number of alkyl carbamates (subject to hydrolysis) is 1. The van der Waals surface area contributed by atoms with E-state index in [1.807, 2.05) is 6.08 Å². The van der Waals surface area contributed by atoms with Gasteiger partial charge in [-0.25, -0.2) is 9.59 Å². The number of esters is 1. The van der Waals surface area contributed by atoms with E-state index in [9.17, 15) is 19.2 Å². The first-order valence-electron chi connectivity index (χ1n) is 16.0. The van der Waals surface area contributed by atoms with Crippen LogP contribution < -0.4 is 10.6 Å². The molecule has 1 saturated heterocycles. The number of hydrogen-bond donors (Lipinski definition) is 2. The van der Waals surface area contributed by atoms with E-state index in [0.29, 0.717) is 19.3 Å². The lowest BCUT2D eigenvalue weighted by Gasteiger charge is -2.38. The molecule has 2 N–H and O–H groups in total. The third-order valence-corrected chi connectivity index (χ3v) is 13.3. The first-order valence-corrected chi connectivity index (χ1v) is 18.9. The van der Waals surface area contributed by atoms with E-state index >= 15 is 0 Å². The number of nitrogens with one attached hydrogen (secondary N) is 2. The van der Waals surface area contributed by atoms with Crippen molar-refractivity contribution >= 4 is 32.2 Å². The number of rotatable bonds is 15. The smallest absolute Gasteiger partial charge is 0.408 e. The number of ether oxygens (including phenoxy) is 2. The highest BCUT2D eigenvalue weighted by molar-refractivity contribution is 6.74. The Morgan fingerprint density at radius 1 is 1.07 bits per heavy atom. The second kappa shape index (κ2) is 15.1. The largest absolute Gasteiger partial charge is 0.464 e. The van der Waals surface area contributed by atoms with Crippen LogP contribution in [0.3, 0.4) is 0 Å². The topological polar surface area (TPSA) is 123 Å². The van der Waals surface area contributed by atoms with Gasteiger partial charge < -0.3 is 29.4 Å². The van der Waals surface area contributed by atoms with Gasteiger partial charge in [0.25, 0.3) is 0 Å². The molecule has 0 aromatic carbocycles. The summed E-state index contributed by atoms with van der Waals surface area (Å²) in [6, 6.07) is -1.78. The van der Waals surface area contributed by atoms with Crippen LogP contribution in [0, 0.1) is 5.92 Å². The first kappa shape index (κ1) is 37.5. The molecule has 2 rings (SSSR count). The van der Waals surface area contributed by atoms with Crippen LogP contribution in [0.15, 0.2) is 25.3 Å². The predicted molar refractivity (Wildman–Crippen MR) is 174 cm³/mol. The highest BCUT2D eigenvalue weighted by atomic mass is 28.4. The number of amides is 3. The third-order valence-electron chi connectivity index (χ3n) is 8.79. The van der Waals surface area contributed by atoms with Crippen molar-refractivity contribution in [3.8, 4) is 0 Å². The molecule has 2 aliphatic rings. The van der Waals surface area contributed by atoms with Crippen molar-refractivity contribution in [1.82, 2.24) is 15.5 Å². The fraction of sp³-hybridized carbons (Fsp3) is 0.758. The average Bonchev–Trinajstić information content (AvgIpc) is 3.45. The molecule has 0 aromatic heterocycles. The van der Waals surface area contributed by atoms with Gasteiger partial charge in [0, 0.05) is 18.9 Å². The molecule has 250 valence electrons. The molecule has 2 fully saturated rings. The number of unbranched alkanes of at least 4 members (excludes halogenated alkanes) is 3.